The van der Waals surface area contributed by atoms with Gasteiger partial charge in [0.2, 0.25) is 0 Å². The van der Waals surface area contributed by atoms with Crippen molar-refractivity contribution in [1.29, 1.82) is 0 Å². The second kappa shape index (κ2) is 7.57. The summed E-state index contributed by atoms with van der Waals surface area (Å²) in [7, 11) is 0. The van der Waals surface area contributed by atoms with E-state index in [1.165, 1.54) is 0 Å². The van der Waals surface area contributed by atoms with Crippen molar-refractivity contribution in [3.05, 3.63) is 0 Å². The number of nitrogens with one attached hydrogen (secondary N) is 1. The van der Waals surface area contributed by atoms with Crippen LogP contribution in [0.5, 0.6) is 0 Å². The zero-order valence-electron chi connectivity index (χ0n) is 4.48. The van der Waals surface area contributed by atoms with E-state index in [0.717, 1.165) is 0 Å². The van der Waals surface area contributed by atoms with Crippen molar-refractivity contribution in [2.45, 2.75) is 0 Å². The maximum Gasteiger partial charge on any atom is 0.163 e. The number of nitrogens with two attached hydrogens (primary N) is 2. The third kappa shape index (κ3) is 9.76. The Hall–Kier alpha value is 0.572. The van der Waals surface area contributed by atoms with Crippen LogP contribution in [-0.4, -0.2) is 45.5 Å². The van der Waals surface area contributed by atoms with Crippen molar-refractivity contribution in [3.63, 3.8) is 0 Å². The van der Waals surface area contributed by atoms with Gasteiger partial charge in [-0.25, -0.2) is 0 Å². The van der Waals surface area contributed by atoms with Crippen molar-refractivity contribution >= 4 is 44.6 Å². The van der Waals surface area contributed by atoms with Gasteiger partial charge in [-0.3, -0.25) is 0 Å². The predicted octanol–water partition coefficient (Wildman–Crippen LogP) is -1.60. The number of rotatable bonds is 2. The Morgan fingerprint density at radius 3 is 2.25 bits per heavy atom. The molecule has 0 spiro atoms. The van der Waals surface area contributed by atoms with E-state index in [1.807, 2.05) is 0 Å². The summed E-state index contributed by atoms with van der Waals surface area (Å²) in [6.45, 7) is 1.23. The molecular weight excluding hydrogens is 317 g/mol. The molecule has 0 heterocycles. The average molecular weight is 326 g/mol. The van der Waals surface area contributed by atoms with Crippen LogP contribution in [0.1, 0.15) is 0 Å². The molecule has 0 aromatic carbocycles. The van der Waals surface area contributed by atoms with E-state index in [-0.39, 0.29) is 27.3 Å². The molecule has 0 saturated carbocycles. The second-order valence-corrected chi connectivity index (χ2v) is 1.52. The molecule has 0 amide bonds. The van der Waals surface area contributed by atoms with E-state index < -0.39 is 0 Å². The van der Waals surface area contributed by atoms with E-state index in [0.29, 0.717) is 18.2 Å². The van der Waals surface area contributed by atoms with Gasteiger partial charge in [-0.2, -0.15) is 0 Å². The van der Waals surface area contributed by atoms with Crippen LogP contribution in [-0.2, 0) is 0 Å². The third-order valence-electron chi connectivity index (χ3n) is 0.444. The molecule has 0 aliphatic heterocycles. The summed E-state index contributed by atoms with van der Waals surface area (Å²) in [6, 6.07) is 0. The van der Waals surface area contributed by atoms with Gasteiger partial charge in [0.15, 0.2) is 5.11 Å². The molecule has 0 unspecified atom stereocenters. The van der Waals surface area contributed by atoms with Gasteiger partial charge in [-0.05, 0) is 12.2 Å². The minimum atomic E-state index is 0. The predicted molar refractivity (Wildman–Crippen MR) is 39.6 cm³/mol. The number of hydrogen-bond acceptors (Lipinski definition) is 2. The maximum absolute atomic E-state index is 5.10. The van der Waals surface area contributed by atoms with Crippen LogP contribution in [0.4, 0.5) is 0 Å². The largest absolute Gasteiger partial charge is 0.376 e. The molecule has 8 heavy (non-hydrogen) atoms. The van der Waals surface area contributed by atoms with Gasteiger partial charge in [0, 0.05) is 40.4 Å². The zero-order valence-corrected chi connectivity index (χ0v) is 9.18. The fraction of sp³-hybridized carbons (Fsp3) is 0.667. The molecule has 0 aliphatic rings. The van der Waals surface area contributed by atoms with Gasteiger partial charge < -0.3 is 16.8 Å². The molecule has 5 N–H and O–H groups in total. The van der Waals surface area contributed by atoms with E-state index in [4.69, 9.17) is 11.5 Å². The standard InChI is InChI=1S/C3H9N3S.Pb/c4-1-2-6-3(5)7;/h1-2,4H2,(H3,5,6,7);. The van der Waals surface area contributed by atoms with E-state index in [1.54, 1.807) is 0 Å². The van der Waals surface area contributed by atoms with Crippen LogP contribution in [0.3, 0.4) is 0 Å². The van der Waals surface area contributed by atoms with Gasteiger partial charge >= 0.3 is 0 Å². The Morgan fingerprint density at radius 1 is 1.62 bits per heavy atom. The van der Waals surface area contributed by atoms with E-state index in [2.05, 4.69) is 17.5 Å². The molecule has 4 radical (unpaired) electrons. The average Bonchev–Trinajstić information content (AvgIpc) is 1.61. The normalized spacial score (nSPS) is 7.12. The SMILES string of the molecule is NCCNC(N)=S.[Pb]. The minimum absolute atomic E-state index is 0. The topological polar surface area (TPSA) is 64.1 Å². The molecule has 0 saturated heterocycles. The Bertz CT molecular complexity index is 67.5. The first kappa shape index (κ1) is 11.4. The van der Waals surface area contributed by atoms with Crippen molar-refractivity contribution in [2.75, 3.05) is 13.1 Å². The number of hydrogen-bond donors (Lipinski definition) is 3. The third-order valence-corrected chi connectivity index (χ3v) is 0.588. The zero-order chi connectivity index (χ0) is 5.70. The van der Waals surface area contributed by atoms with Gasteiger partial charge in [0.1, 0.15) is 0 Å². The van der Waals surface area contributed by atoms with Crippen LogP contribution < -0.4 is 16.8 Å². The Labute approximate surface area is 74.3 Å². The Morgan fingerprint density at radius 2 is 2.12 bits per heavy atom. The summed E-state index contributed by atoms with van der Waals surface area (Å²) in [4.78, 5) is 0. The second-order valence-electron chi connectivity index (χ2n) is 1.08. The summed E-state index contributed by atoms with van der Waals surface area (Å²) in [5.41, 5.74) is 10.1. The van der Waals surface area contributed by atoms with Crippen molar-refractivity contribution in [2.24, 2.45) is 11.5 Å². The molecule has 0 rings (SSSR count). The van der Waals surface area contributed by atoms with Crippen molar-refractivity contribution in [3.8, 4) is 0 Å². The molecule has 46 valence electrons. The van der Waals surface area contributed by atoms with Crippen LogP contribution in [0.15, 0.2) is 0 Å². The molecule has 0 aliphatic carbocycles. The summed E-state index contributed by atoms with van der Waals surface area (Å²) >= 11 is 4.47. The van der Waals surface area contributed by atoms with E-state index in [9.17, 15) is 0 Å². The van der Waals surface area contributed by atoms with Crippen LogP contribution >= 0.6 is 12.2 Å². The molecular formula is C3H9N3PbS. The van der Waals surface area contributed by atoms with Gasteiger partial charge in [-0.15, -0.1) is 0 Å². The summed E-state index contributed by atoms with van der Waals surface area (Å²) in [5.74, 6) is 0. The van der Waals surface area contributed by atoms with Gasteiger partial charge in [0.25, 0.3) is 0 Å². The fourth-order valence-electron chi connectivity index (χ4n) is 0.195. The quantitative estimate of drug-likeness (QED) is 0.422. The summed E-state index contributed by atoms with van der Waals surface area (Å²) in [5, 5.41) is 2.99. The Kier molecular flexibility index (Phi) is 10.8. The Balaban J connectivity index is 0. The molecule has 0 fully saturated rings. The molecule has 0 aromatic heterocycles. The first-order valence-electron chi connectivity index (χ1n) is 2.00. The number of thiocarbonyl (C=S) groups is 1. The monoisotopic (exact) mass is 327 g/mol. The first-order chi connectivity index (χ1) is 3.27. The van der Waals surface area contributed by atoms with Gasteiger partial charge in [-0.1, -0.05) is 0 Å². The van der Waals surface area contributed by atoms with E-state index >= 15 is 0 Å². The maximum atomic E-state index is 5.10. The summed E-state index contributed by atoms with van der Waals surface area (Å²) in [6.07, 6.45) is 0. The molecule has 0 atom stereocenters. The fourth-order valence-corrected chi connectivity index (χ4v) is 0.297. The molecule has 3 nitrogen and oxygen atoms in total. The molecule has 0 bridgehead atoms. The smallest absolute Gasteiger partial charge is 0.163 e. The summed E-state index contributed by atoms with van der Waals surface area (Å²) < 4.78 is 0. The van der Waals surface area contributed by atoms with Crippen molar-refractivity contribution in [1.82, 2.24) is 5.32 Å². The van der Waals surface area contributed by atoms with Gasteiger partial charge in [0.05, 0.1) is 0 Å². The minimum Gasteiger partial charge on any atom is -0.376 e. The van der Waals surface area contributed by atoms with Crippen molar-refractivity contribution < 1.29 is 0 Å². The van der Waals surface area contributed by atoms with Crippen LogP contribution in [0, 0.1) is 0 Å². The molecule has 0 aromatic rings. The first-order valence-corrected chi connectivity index (χ1v) is 2.41. The van der Waals surface area contributed by atoms with Crippen LogP contribution in [0.2, 0.25) is 0 Å². The van der Waals surface area contributed by atoms with Crippen LogP contribution in [0.25, 0.3) is 0 Å². The molecule has 5 heteroatoms.